The molecule has 0 saturated heterocycles. The summed E-state index contributed by atoms with van der Waals surface area (Å²) in [5.41, 5.74) is 7.81. The van der Waals surface area contributed by atoms with Gasteiger partial charge in [-0.05, 0) is 65.1 Å². The lowest BCUT2D eigenvalue weighted by molar-refractivity contribution is -0.132. The van der Waals surface area contributed by atoms with Gasteiger partial charge >= 0.3 is 0 Å². The van der Waals surface area contributed by atoms with Crippen molar-refractivity contribution < 1.29 is 14.4 Å². The Hall–Kier alpha value is -2.46. The van der Waals surface area contributed by atoms with Gasteiger partial charge in [0.2, 0.25) is 17.7 Å². The molecule has 0 aliphatic carbocycles. The maximum absolute atomic E-state index is 13.0. The van der Waals surface area contributed by atoms with Crippen LogP contribution < -0.4 is 21.7 Å². The highest BCUT2D eigenvalue weighted by Gasteiger charge is 2.26. The molecule has 0 fully saturated rings. The van der Waals surface area contributed by atoms with Gasteiger partial charge in [-0.3, -0.25) is 14.4 Å². The summed E-state index contributed by atoms with van der Waals surface area (Å²) in [6.45, 7) is 5.89. The number of nitrogens with one attached hydrogen (secondary N) is 3. The third kappa shape index (κ3) is 9.51. The molecule has 0 heterocycles. The molecule has 2 aromatic carbocycles. The smallest absolute Gasteiger partial charge is 0.243 e. The van der Waals surface area contributed by atoms with Gasteiger partial charge in [-0.25, -0.2) is 0 Å². The van der Waals surface area contributed by atoms with E-state index in [1.165, 1.54) is 0 Å². The van der Waals surface area contributed by atoms with Crippen LogP contribution in [-0.2, 0) is 27.3 Å². The summed E-state index contributed by atoms with van der Waals surface area (Å²) in [5, 5.41) is 8.35. The molecule has 5 N–H and O–H groups in total. The van der Waals surface area contributed by atoms with Gasteiger partial charge in [0.1, 0.15) is 12.1 Å². The molecule has 0 saturated carbocycles. The first-order chi connectivity index (χ1) is 15.7. The molecule has 0 bridgehead atoms. The largest absolute Gasteiger partial charge is 0.350 e. The zero-order valence-electron chi connectivity index (χ0n) is 19.3. The number of amides is 3. The van der Waals surface area contributed by atoms with Crippen LogP contribution in [0.25, 0.3) is 0 Å². The summed E-state index contributed by atoms with van der Waals surface area (Å²) in [4.78, 5) is 38.1. The number of carbonyl (C=O) groups is 3. The molecule has 3 amide bonds. The number of nitrogens with two attached hydrogens (primary N) is 1. The van der Waals surface area contributed by atoms with Gasteiger partial charge in [0, 0.05) is 16.5 Å². The monoisotopic (exact) mass is 564 g/mol. The quantitative estimate of drug-likeness (QED) is 0.314. The molecule has 0 radical (unpaired) electrons. The van der Waals surface area contributed by atoms with Crippen LogP contribution in [0.2, 0.25) is 0 Å². The van der Waals surface area contributed by atoms with E-state index in [9.17, 15) is 14.4 Å². The van der Waals surface area contributed by atoms with Crippen LogP contribution in [0.15, 0.2) is 54.6 Å². The maximum atomic E-state index is 13.0. The van der Waals surface area contributed by atoms with E-state index in [1.807, 2.05) is 68.4 Å². The van der Waals surface area contributed by atoms with Crippen molar-refractivity contribution in [1.82, 2.24) is 16.0 Å². The summed E-state index contributed by atoms with van der Waals surface area (Å²) in [7, 11) is 0. The Morgan fingerprint density at radius 1 is 0.879 bits per heavy atom. The van der Waals surface area contributed by atoms with Crippen LogP contribution >= 0.6 is 22.6 Å². The number of halogens is 1. The standard InChI is InChI=1S/C25H33IN4O3/c1-16(2)12-21(27)24(32)29-17(3)23(31)30-22(14-18-8-5-4-6-9-18)25(33)28-15-19-10-7-11-20(26)13-19/h4-11,13,16-17,21-22H,12,14-15,27H2,1-3H3,(H,28,33)(H,29,32)(H,30,31)/t17-,21+,22-/m1/s1. The summed E-state index contributed by atoms with van der Waals surface area (Å²) in [6.07, 6.45) is 0.857. The van der Waals surface area contributed by atoms with E-state index in [0.717, 1.165) is 14.7 Å². The number of hydrogen-bond donors (Lipinski definition) is 4. The summed E-state index contributed by atoms with van der Waals surface area (Å²) in [6, 6.07) is 15.0. The van der Waals surface area contributed by atoms with Gasteiger partial charge in [0.15, 0.2) is 0 Å². The Morgan fingerprint density at radius 2 is 1.55 bits per heavy atom. The predicted octanol–water partition coefficient (Wildman–Crippen LogP) is 2.51. The average molecular weight is 564 g/mol. The highest BCUT2D eigenvalue weighted by atomic mass is 127. The molecule has 2 aromatic rings. The molecule has 2 rings (SSSR count). The van der Waals surface area contributed by atoms with Crippen LogP contribution in [0.5, 0.6) is 0 Å². The Labute approximate surface area is 209 Å². The SMILES string of the molecule is CC(C)C[C@H](N)C(=O)N[C@H](C)C(=O)N[C@H](Cc1ccccc1)C(=O)NCc1cccc(I)c1. The van der Waals surface area contributed by atoms with Crippen LogP contribution in [0.1, 0.15) is 38.3 Å². The Kier molecular flexibility index (Phi) is 10.8. The molecule has 0 unspecified atom stereocenters. The zero-order chi connectivity index (χ0) is 24.4. The summed E-state index contributed by atoms with van der Waals surface area (Å²) in [5.74, 6) is -0.845. The van der Waals surface area contributed by atoms with Crippen LogP contribution in [0.4, 0.5) is 0 Å². The van der Waals surface area contributed by atoms with Gasteiger partial charge in [0.25, 0.3) is 0 Å². The van der Waals surface area contributed by atoms with Gasteiger partial charge in [-0.2, -0.15) is 0 Å². The zero-order valence-corrected chi connectivity index (χ0v) is 21.5. The van der Waals surface area contributed by atoms with Gasteiger partial charge < -0.3 is 21.7 Å². The summed E-state index contributed by atoms with van der Waals surface area (Å²) < 4.78 is 1.08. The third-order valence-corrected chi connectivity index (χ3v) is 5.76. The highest BCUT2D eigenvalue weighted by Crippen LogP contribution is 2.09. The van der Waals surface area contributed by atoms with Gasteiger partial charge in [-0.1, -0.05) is 56.3 Å². The molecule has 178 valence electrons. The molecule has 0 aromatic heterocycles. The van der Waals surface area contributed by atoms with E-state index < -0.39 is 24.0 Å². The van der Waals surface area contributed by atoms with E-state index in [2.05, 4.69) is 38.5 Å². The molecule has 3 atom stereocenters. The number of benzene rings is 2. The number of carbonyl (C=O) groups excluding carboxylic acids is 3. The Bertz CT molecular complexity index is 936. The predicted molar refractivity (Wildman–Crippen MR) is 138 cm³/mol. The van der Waals surface area contributed by atoms with Crippen molar-refractivity contribution in [3.8, 4) is 0 Å². The normalized spacial score (nSPS) is 13.6. The lowest BCUT2D eigenvalue weighted by Crippen LogP contribution is -2.55. The molecule has 33 heavy (non-hydrogen) atoms. The molecular formula is C25H33IN4O3. The van der Waals surface area contributed by atoms with Crippen molar-refractivity contribution in [1.29, 1.82) is 0 Å². The molecule has 0 spiro atoms. The molecule has 0 aliphatic rings. The number of hydrogen-bond acceptors (Lipinski definition) is 4. The lowest BCUT2D eigenvalue weighted by atomic mass is 10.0. The first kappa shape index (κ1) is 26.8. The van der Waals surface area contributed by atoms with E-state index in [1.54, 1.807) is 6.92 Å². The van der Waals surface area contributed by atoms with E-state index in [0.29, 0.717) is 19.4 Å². The second-order valence-electron chi connectivity index (χ2n) is 8.56. The minimum Gasteiger partial charge on any atom is -0.350 e. The van der Waals surface area contributed by atoms with E-state index in [4.69, 9.17) is 5.73 Å². The second-order valence-corrected chi connectivity index (χ2v) is 9.81. The van der Waals surface area contributed by atoms with Crippen molar-refractivity contribution >= 4 is 40.3 Å². The fourth-order valence-corrected chi connectivity index (χ4v) is 3.92. The summed E-state index contributed by atoms with van der Waals surface area (Å²) >= 11 is 2.22. The Balaban J connectivity index is 2.03. The van der Waals surface area contributed by atoms with Crippen molar-refractivity contribution in [2.45, 2.75) is 58.3 Å². The van der Waals surface area contributed by atoms with Crippen LogP contribution in [0.3, 0.4) is 0 Å². The van der Waals surface area contributed by atoms with Crippen molar-refractivity contribution in [3.05, 3.63) is 69.3 Å². The first-order valence-corrected chi connectivity index (χ1v) is 12.2. The Morgan fingerprint density at radius 3 is 2.18 bits per heavy atom. The topological polar surface area (TPSA) is 113 Å². The minimum atomic E-state index is -0.822. The molecular weight excluding hydrogens is 531 g/mol. The fraction of sp³-hybridized carbons (Fsp3) is 0.400. The van der Waals surface area contributed by atoms with Gasteiger partial charge in [-0.15, -0.1) is 0 Å². The maximum Gasteiger partial charge on any atom is 0.243 e. The van der Waals surface area contributed by atoms with E-state index in [-0.39, 0.29) is 17.7 Å². The van der Waals surface area contributed by atoms with Crippen molar-refractivity contribution in [3.63, 3.8) is 0 Å². The minimum absolute atomic E-state index is 0.265. The third-order valence-electron chi connectivity index (χ3n) is 5.09. The van der Waals surface area contributed by atoms with Crippen LogP contribution in [0, 0.1) is 9.49 Å². The highest BCUT2D eigenvalue weighted by molar-refractivity contribution is 14.1. The average Bonchev–Trinajstić information content (AvgIpc) is 2.77. The molecule has 7 nitrogen and oxygen atoms in total. The second kappa shape index (κ2) is 13.3. The van der Waals surface area contributed by atoms with Crippen molar-refractivity contribution in [2.24, 2.45) is 11.7 Å². The van der Waals surface area contributed by atoms with Crippen molar-refractivity contribution in [2.75, 3.05) is 0 Å². The molecule has 8 heteroatoms. The van der Waals surface area contributed by atoms with Crippen LogP contribution in [-0.4, -0.2) is 35.8 Å². The van der Waals surface area contributed by atoms with Gasteiger partial charge in [0.05, 0.1) is 6.04 Å². The fourth-order valence-electron chi connectivity index (χ4n) is 3.32. The molecule has 0 aliphatic heterocycles. The lowest BCUT2D eigenvalue weighted by Gasteiger charge is -2.22. The van der Waals surface area contributed by atoms with E-state index >= 15 is 0 Å². The number of rotatable bonds is 11. The first-order valence-electron chi connectivity index (χ1n) is 11.1.